The fourth-order valence-corrected chi connectivity index (χ4v) is 1.77. The van der Waals surface area contributed by atoms with E-state index in [9.17, 15) is 5.11 Å². The van der Waals surface area contributed by atoms with E-state index in [4.69, 9.17) is 10.5 Å². The summed E-state index contributed by atoms with van der Waals surface area (Å²) in [5.74, 6) is 0. The number of fused-ring (bicyclic) bond motifs is 1. The van der Waals surface area contributed by atoms with Crippen LogP contribution in [0.25, 0.3) is 0 Å². The van der Waals surface area contributed by atoms with Gasteiger partial charge in [0.05, 0.1) is 18.0 Å². The number of methoxy groups -OCH3 is 1. The first-order valence-electron chi connectivity index (χ1n) is 4.71. The van der Waals surface area contributed by atoms with Crippen LogP contribution in [0.2, 0.25) is 0 Å². The van der Waals surface area contributed by atoms with E-state index in [1.54, 1.807) is 7.11 Å². The van der Waals surface area contributed by atoms with Crippen molar-refractivity contribution in [2.75, 3.05) is 7.11 Å². The molecule has 1 aromatic heterocycles. The molecule has 0 bridgehead atoms. The zero-order chi connectivity index (χ0) is 10.1. The van der Waals surface area contributed by atoms with Gasteiger partial charge < -0.3 is 15.6 Å². The molecule has 0 unspecified atom stereocenters. The lowest BCUT2D eigenvalue weighted by Crippen LogP contribution is -2.35. The monoisotopic (exact) mass is 197 g/mol. The van der Waals surface area contributed by atoms with Crippen LogP contribution in [0.5, 0.6) is 0 Å². The van der Waals surface area contributed by atoms with Gasteiger partial charge in [0.2, 0.25) is 0 Å². The standard InChI is InChI=1S/C9H15N3O2/c1-14-5-6-4-8-9(13)7(10)2-3-12(8)11-6/h4,7,9,13H,2-3,5,10H2,1H3/t7-,9-/m1/s1. The van der Waals surface area contributed by atoms with Crippen molar-refractivity contribution < 1.29 is 9.84 Å². The quantitative estimate of drug-likeness (QED) is 0.688. The van der Waals surface area contributed by atoms with Crippen LogP contribution in [0.4, 0.5) is 0 Å². The maximum atomic E-state index is 9.78. The zero-order valence-corrected chi connectivity index (χ0v) is 8.18. The van der Waals surface area contributed by atoms with E-state index in [1.165, 1.54) is 0 Å². The van der Waals surface area contributed by atoms with Crippen molar-refractivity contribution in [3.63, 3.8) is 0 Å². The molecular formula is C9H15N3O2. The molecule has 14 heavy (non-hydrogen) atoms. The molecule has 1 aliphatic rings. The predicted octanol–water partition coefficient (Wildman–Crippen LogP) is -0.206. The highest BCUT2D eigenvalue weighted by Crippen LogP contribution is 2.24. The van der Waals surface area contributed by atoms with Crippen LogP contribution in [0.15, 0.2) is 6.07 Å². The van der Waals surface area contributed by atoms with Gasteiger partial charge in [-0.25, -0.2) is 0 Å². The van der Waals surface area contributed by atoms with Crippen LogP contribution in [0.1, 0.15) is 23.9 Å². The Hall–Kier alpha value is -0.910. The molecule has 2 atom stereocenters. The summed E-state index contributed by atoms with van der Waals surface area (Å²) in [6, 6.07) is 1.68. The Kier molecular flexibility index (Phi) is 2.54. The number of aryl methyl sites for hydroxylation is 1. The predicted molar refractivity (Wildman–Crippen MR) is 50.5 cm³/mol. The zero-order valence-electron chi connectivity index (χ0n) is 8.18. The second-order valence-corrected chi connectivity index (χ2v) is 3.61. The molecule has 5 heteroatoms. The lowest BCUT2D eigenvalue weighted by atomic mass is 10.0. The number of nitrogens with zero attached hydrogens (tertiary/aromatic N) is 2. The van der Waals surface area contributed by atoms with Gasteiger partial charge >= 0.3 is 0 Å². The number of ether oxygens (including phenoxy) is 1. The van der Waals surface area contributed by atoms with Crippen LogP contribution in [0.3, 0.4) is 0 Å². The minimum atomic E-state index is -0.596. The van der Waals surface area contributed by atoms with Gasteiger partial charge in [0, 0.05) is 19.7 Å². The van der Waals surface area contributed by atoms with Crippen LogP contribution in [-0.2, 0) is 17.9 Å². The van der Waals surface area contributed by atoms with Crippen molar-refractivity contribution in [3.05, 3.63) is 17.5 Å². The molecule has 0 radical (unpaired) electrons. The van der Waals surface area contributed by atoms with Crippen molar-refractivity contribution in [1.82, 2.24) is 9.78 Å². The summed E-state index contributed by atoms with van der Waals surface area (Å²) < 4.78 is 6.79. The minimum absolute atomic E-state index is 0.172. The summed E-state index contributed by atoms with van der Waals surface area (Å²) in [6.07, 6.45) is 0.171. The summed E-state index contributed by atoms with van der Waals surface area (Å²) in [5.41, 5.74) is 7.40. The number of aromatic nitrogens is 2. The first-order valence-corrected chi connectivity index (χ1v) is 4.71. The van der Waals surface area contributed by atoms with Gasteiger partial charge in [0.15, 0.2) is 0 Å². The van der Waals surface area contributed by atoms with Crippen LogP contribution >= 0.6 is 0 Å². The van der Waals surface area contributed by atoms with Crippen molar-refractivity contribution in [1.29, 1.82) is 0 Å². The number of nitrogens with two attached hydrogens (primary N) is 1. The Balaban J connectivity index is 2.27. The van der Waals surface area contributed by atoms with Crippen molar-refractivity contribution in [2.45, 2.75) is 31.7 Å². The lowest BCUT2D eigenvalue weighted by molar-refractivity contribution is 0.112. The van der Waals surface area contributed by atoms with E-state index in [2.05, 4.69) is 5.10 Å². The number of aliphatic hydroxyl groups is 1. The SMILES string of the molecule is COCc1cc2n(n1)CC[C@@H](N)[C@H]2O. The van der Waals surface area contributed by atoms with Crippen molar-refractivity contribution >= 4 is 0 Å². The molecule has 5 nitrogen and oxygen atoms in total. The van der Waals surface area contributed by atoms with Crippen molar-refractivity contribution in [2.24, 2.45) is 5.73 Å². The maximum absolute atomic E-state index is 9.78. The highest BCUT2D eigenvalue weighted by Gasteiger charge is 2.26. The molecule has 0 aliphatic carbocycles. The number of aliphatic hydroxyl groups excluding tert-OH is 1. The van der Waals surface area contributed by atoms with Crippen molar-refractivity contribution in [3.8, 4) is 0 Å². The normalized spacial score (nSPS) is 26.2. The Morgan fingerprint density at radius 2 is 2.57 bits per heavy atom. The topological polar surface area (TPSA) is 73.3 Å². The van der Waals surface area contributed by atoms with E-state index in [0.29, 0.717) is 6.61 Å². The molecule has 0 saturated carbocycles. The Morgan fingerprint density at radius 3 is 3.29 bits per heavy atom. The van der Waals surface area contributed by atoms with Gasteiger partial charge in [0.1, 0.15) is 6.10 Å². The molecule has 0 aromatic carbocycles. The summed E-state index contributed by atoms with van der Waals surface area (Å²) in [7, 11) is 1.63. The Labute approximate surface area is 82.5 Å². The number of hydrogen-bond acceptors (Lipinski definition) is 4. The van der Waals surface area contributed by atoms with E-state index in [1.807, 2.05) is 10.7 Å². The average molecular weight is 197 g/mol. The fourth-order valence-electron chi connectivity index (χ4n) is 1.77. The van der Waals surface area contributed by atoms with E-state index in [0.717, 1.165) is 24.4 Å². The van der Waals surface area contributed by atoms with Gasteiger partial charge in [-0.2, -0.15) is 5.10 Å². The highest BCUT2D eigenvalue weighted by atomic mass is 16.5. The van der Waals surface area contributed by atoms with Gasteiger partial charge in [-0.3, -0.25) is 4.68 Å². The molecule has 0 spiro atoms. The van der Waals surface area contributed by atoms with E-state index < -0.39 is 6.10 Å². The van der Waals surface area contributed by atoms with Crippen LogP contribution in [0, 0.1) is 0 Å². The summed E-state index contributed by atoms with van der Waals surface area (Å²) in [5, 5.41) is 14.1. The molecule has 2 rings (SSSR count). The average Bonchev–Trinajstić information content (AvgIpc) is 2.56. The van der Waals surface area contributed by atoms with Crippen LogP contribution < -0.4 is 5.73 Å². The third-order valence-corrected chi connectivity index (χ3v) is 2.54. The van der Waals surface area contributed by atoms with Gasteiger partial charge in [-0.15, -0.1) is 0 Å². The van der Waals surface area contributed by atoms with Crippen LogP contribution in [-0.4, -0.2) is 28.0 Å². The van der Waals surface area contributed by atoms with Gasteiger partial charge in [-0.1, -0.05) is 0 Å². The molecule has 0 saturated heterocycles. The maximum Gasteiger partial charge on any atom is 0.111 e. The second kappa shape index (κ2) is 3.68. The summed E-state index contributed by atoms with van der Waals surface area (Å²) in [6.45, 7) is 1.25. The molecule has 0 amide bonds. The number of rotatable bonds is 2. The molecule has 1 aromatic rings. The summed E-state index contributed by atoms with van der Waals surface area (Å²) in [4.78, 5) is 0. The molecule has 1 aliphatic heterocycles. The third-order valence-electron chi connectivity index (χ3n) is 2.54. The first kappa shape index (κ1) is 9.64. The van der Waals surface area contributed by atoms with Gasteiger partial charge in [0.25, 0.3) is 0 Å². The molecular weight excluding hydrogens is 182 g/mol. The first-order chi connectivity index (χ1) is 6.72. The fraction of sp³-hybridized carbons (Fsp3) is 0.667. The molecule has 78 valence electrons. The van der Waals surface area contributed by atoms with Gasteiger partial charge in [-0.05, 0) is 12.5 Å². The summed E-state index contributed by atoms with van der Waals surface area (Å²) >= 11 is 0. The molecule has 0 fully saturated rings. The second-order valence-electron chi connectivity index (χ2n) is 3.61. The Morgan fingerprint density at radius 1 is 1.79 bits per heavy atom. The number of hydrogen-bond donors (Lipinski definition) is 2. The smallest absolute Gasteiger partial charge is 0.111 e. The highest BCUT2D eigenvalue weighted by molar-refractivity contribution is 5.15. The molecule has 2 heterocycles. The lowest BCUT2D eigenvalue weighted by Gasteiger charge is -2.25. The van der Waals surface area contributed by atoms with E-state index in [-0.39, 0.29) is 6.04 Å². The minimum Gasteiger partial charge on any atom is -0.385 e. The Bertz CT molecular complexity index is 324. The van der Waals surface area contributed by atoms with E-state index >= 15 is 0 Å². The largest absolute Gasteiger partial charge is 0.385 e. The third kappa shape index (κ3) is 1.54. The molecule has 3 N–H and O–H groups in total.